The molecule has 0 atom stereocenters. The molecule has 0 unspecified atom stereocenters. The summed E-state index contributed by atoms with van der Waals surface area (Å²) in [6, 6.07) is 10.2. The molecule has 3 rings (SSSR count). The Morgan fingerprint density at radius 2 is 2.22 bits per heavy atom. The van der Waals surface area contributed by atoms with Crippen molar-refractivity contribution in [2.75, 3.05) is 12.4 Å². The van der Waals surface area contributed by atoms with Gasteiger partial charge < -0.3 is 10.1 Å². The first-order valence-corrected chi connectivity index (χ1v) is 8.89. The van der Waals surface area contributed by atoms with Gasteiger partial charge in [0.1, 0.15) is 0 Å². The quantitative estimate of drug-likeness (QED) is 0.880. The molecule has 0 saturated carbocycles. The van der Waals surface area contributed by atoms with E-state index in [0.29, 0.717) is 18.9 Å². The number of nitrogens with one attached hydrogen (secondary N) is 1. The predicted octanol–water partition coefficient (Wildman–Crippen LogP) is 2.04. The fourth-order valence-electron chi connectivity index (χ4n) is 2.70. The number of ether oxygens (including phenoxy) is 1. The number of fused-ring (bicyclic) bond motifs is 1. The van der Waals surface area contributed by atoms with Crippen LogP contribution in [0.4, 0.5) is 0 Å². The monoisotopic (exact) mass is 331 g/mol. The van der Waals surface area contributed by atoms with Crippen LogP contribution in [-0.4, -0.2) is 28.0 Å². The normalized spacial score (nSPS) is 13.6. The van der Waals surface area contributed by atoms with E-state index in [9.17, 15) is 4.79 Å². The van der Waals surface area contributed by atoms with Gasteiger partial charge in [-0.05, 0) is 5.56 Å². The molecule has 122 valence electrons. The van der Waals surface area contributed by atoms with Gasteiger partial charge in [-0.2, -0.15) is 5.10 Å². The van der Waals surface area contributed by atoms with Crippen molar-refractivity contribution in [3.8, 4) is 0 Å². The molecule has 2 heterocycles. The van der Waals surface area contributed by atoms with Crippen LogP contribution in [-0.2, 0) is 41.9 Å². The van der Waals surface area contributed by atoms with Crippen molar-refractivity contribution in [3.63, 3.8) is 0 Å². The lowest BCUT2D eigenvalue weighted by Gasteiger charge is -2.13. The summed E-state index contributed by atoms with van der Waals surface area (Å²) in [6.07, 6.45) is 0.889. The number of benzene rings is 1. The molecule has 5 nitrogen and oxygen atoms in total. The zero-order chi connectivity index (χ0) is 16.1. The van der Waals surface area contributed by atoms with Gasteiger partial charge in [-0.1, -0.05) is 30.3 Å². The molecular formula is C17H21N3O2S. The Morgan fingerprint density at radius 1 is 1.39 bits per heavy atom. The second-order valence-corrected chi connectivity index (χ2v) is 6.54. The third-order valence-corrected chi connectivity index (χ3v) is 4.89. The lowest BCUT2D eigenvalue weighted by molar-refractivity contribution is -0.118. The smallest absolute Gasteiger partial charge is 0.230 e. The van der Waals surface area contributed by atoms with Gasteiger partial charge in [0.15, 0.2) is 0 Å². The highest BCUT2D eigenvalue weighted by atomic mass is 32.2. The van der Waals surface area contributed by atoms with Crippen LogP contribution in [0.5, 0.6) is 0 Å². The van der Waals surface area contributed by atoms with Gasteiger partial charge in [-0.25, -0.2) is 0 Å². The molecule has 1 aromatic heterocycles. The average molecular weight is 331 g/mol. The predicted molar refractivity (Wildman–Crippen MR) is 91.0 cm³/mol. The molecular weight excluding hydrogens is 310 g/mol. The van der Waals surface area contributed by atoms with Crippen molar-refractivity contribution < 1.29 is 9.53 Å². The van der Waals surface area contributed by atoms with Crippen LogP contribution in [0.15, 0.2) is 30.3 Å². The minimum absolute atomic E-state index is 0.0436. The molecule has 6 heteroatoms. The van der Waals surface area contributed by atoms with Crippen LogP contribution in [0.25, 0.3) is 0 Å². The maximum atomic E-state index is 12.0. The lowest BCUT2D eigenvalue weighted by atomic mass is 10.1. The lowest BCUT2D eigenvalue weighted by Crippen LogP contribution is -2.25. The summed E-state index contributed by atoms with van der Waals surface area (Å²) in [6.45, 7) is 1.81. The van der Waals surface area contributed by atoms with E-state index in [-0.39, 0.29) is 5.91 Å². The van der Waals surface area contributed by atoms with E-state index in [4.69, 9.17) is 4.74 Å². The zero-order valence-corrected chi connectivity index (χ0v) is 14.1. The molecule has 0 aliphatic carbocycles. The largest absolute Gasteiger partial charge is 0.376 e. The number of nitrogens with zero attached hydrogens (tertiary/aromatic N) is 2. The zero-order valence-electron chi connectivity index (χ0n) is 13.2. The Bertz CT molecular complexity index is 670. The number of hydrogen-bond donors (Lipinski definition) is 1. The number of aryl methyl sites for hydroxylation is 1. The van der Waals surface area contributed by atoms with E-state index in [1.54, 1.807) is 11.8 Å². The second-order valence-electron chi connectivity index (χ2n) is 5.55. The number of aromatic nitrogens is 2. The maximum absolute atomic E-state index is 12.0. The van der Waals surface area contributed by atoms with Crippen LogP contribution in [0.1, 0.15) is 22.5 Å². The molecule has 1 aromatic carbocycles. The molecule has 0 saturated heterocycles. The van der Waals surface area contributed by atoms with Crippen LogP contribution in [0.2, 0.25) is 0 Å². The van der Waals surface area contributed by atoms with E-state index >= 15 is 0 Å². The van der Waals surface area contributed by atoms with Gasteiger partial charge in [0.05, 0.1) is 31.2 Å². The number of carbonyl (C=O) groups excluding carboxylic acids is 1. The minimum atomic E-state index is 0.0436. The highest BCUT2D eigenvalue weighted by molar-refractivity contribution is 7.99. The molecule has 1 amide bonds. The van der Waals surface area contributed by atoms with Gasteiger partial charge in [-0.3, -0.25) is 9.48 Å². The number of carbonyl (C=O) groups is 1. The Labute approximate surface area is 140 Å². The van der Waals surface area contributed by atoms with Crippen molar-refractivity contribution in [2.24, 2.45) is 7.05 Å². The summed E-state index contributed by atoms with van der Waals surface area (Å²) >= 11 is 1.62. The minimum Gasteiger partial charge on any atom is -0.376 e. The molecule has 23 heavy (non-hydrogen) atoms. The van der Waals surface area contributed by atoms with Gasteiger partial charge in [0.2, 0.25) is 5.91 Å². The molecule has 1 aliphatic heterocycles. The van der Waals surface area contributed by atoms with Crippen LogP contribution >= 0.6 is 11.8 Å². The van der Waals surface area contributed by atoms with Crippen molar-refractivity contribution in [1.82, 2.24) is 15.1 Å². The van der Waals surface area contributed by atoms with E-state index in [1.165, 1.54) is 11.3 Å². The van der Waals surface area contributed by atoms with E-state index in [1.807, 2.05) is 29.9 Å². The highest BCUT2D eigenvalue weighted by Gasteiger charge is 2.19. The average Bonchev–Trinajstić information content (AvgIpc) is 2.91. The second kappa shape index (κ2) is 7.66. The summed E-state index contributed by atoms with van der Waals surface area (Å²) in [5.74, 6) is 1.35. The Hall–Kier alpha value is -1.79. The first-order valence-electron chi connectivity index (χ1n) is 7.74. The van der Waals surface area contributed by atoms with Gasteiger partial charge in [0, 0.05) is 30.5 Å². The first kappa shape index (κ1) is 16.1. The summed E-state index contributed by atoms with van der Waals surface area (Å²) in [4.78, 5) is 12.0. The molecule has 1 aliphatic rings. The fraction of sp³-hybridized carbons (Fsp3) is 0.412. The standard InChI is InChI=1S/C17H21N3O2S/c1-20-16-7-8-22-10-14(16)15(19-20)9-18-17(21)12-23-11-13-5-3-2-4-6-13/h2-6H,7-12H2,1H3,(H,18,21). The number of amides is 1. The van der Waals surface area contributed by atoms with Gasteiger partial charge in [0.25, 0.3) is 0 Å². The number of hydrogen-bond acceptors (Lipinski definition) is 4. The third-order valence-electron chi connectivity index (χ3n) is 3.89. The van der Waals surface area contributed by atoms with Crippen molar-refractivity contribution in [3.05, 3.63) is 52.8 Å². The van der Waals surface area contributed by atoms with Crippen LogP contribution in [0, 0.1) is 0 Å². The summed E-state index contributed by atoms with van der Waals surface area (Å²) in [5.41, 5.74) is 4.51. The van der Waals surface area contributed by atoms with Crippen molar-refractivity contribution in [2.45, 2.75) is 25.3 Å². The topological polar surface area (TPSA) is 56.2 Å². The van der Waals surface area contributed by atoms with E-state index < -0.39 is 0 Å². The highest BCUT2D eigenvalue weighted by Crippen LogP contribution is 2.20. The molecule has 0 radical (unpaired) electrons. The Kier molecular flexibility index (Phi) is 5.35. The van der Waals surface area contributed by atoms with E-state index in [0.717, 1.165) is 30.0 Å². The van der Waals surface area contributed by atoms with Crippen molar-refractivity contribution >= 4 is 17.7 Å². The molecule has 2 aromatic rings. The molecule has 1 N–H and O–H groups in total. The molecule has 0 spiro atoms. The summed E-state index contributed by atoms with van der Waals surface area (Å²) in [7, 11) is 1.95. The third kappa shape index (κ3) is 4.14. The number of thioether (sulfide) groups is 1. The first-order chi connectivity index (χ1) is 11.2. The SMILES string of the molecule is Cn1nc(CNC(=O)CSCc2ccccc2)c2c1CCOC2. The molecule has 0 bridgehead atoms. The molecule has 0 fully saturated rings. The number of rotatable bonds is 6. The van der Waals surface area contributed by atoms with Crippen molar-refractivity contribution in [1.29, 1.82) is 0 Å². The van der Waals surface area contributed by atoms with Gasteiger partial charge in [-0.15, -0.1) is 11.8 Å². The van der Waals surface area contributed by atoms with Crippen LogP contribution in [0.3, 0.4) is 0 Å². The Balaban J connectivity index is 1.46. The fourth-order valence-corrected chi connectivity index (χ4v) is 3.51. The van der Waals surface area contributed by atoms with Crippen LogP contribution < -0.4 is 5.32 Å². The van der Waals surface area contributed by atoms with Gasteiger partial charge >= 0.3 is 0 Å². The maximum Gasteiger partial charge on any atom is 0.230 e. The summed E-state index contributed by atoms with van der Waals surface area (Å²) < 4.78 is 7.41. The summed E-state index contributed by atoms with van der Waals surface area (Å²) in [5, 5.41) is 7.46. The van der Waals surface area contributed by atoms with E-state index in [2.05, 4.69) is 22.5 Å². The Morgan fingerprint density at radius 3 is 3.04 bits per heavy atom.